The van der Waals surface area contributed by atoms with Crippen molar-refractivity contribution in [1.82, 2.24) is 5.43 Å². The van der Waals surface area contributed by atoms with Gasteiger partial charge in [0.15, 0.2) is 0 Å². The van der Waals surface area contributed by atoms with Crippen LogP contribution in [0.1, 0.15) is 11.6 Å². The van der Waals surface area contributed by atoms with Crippen LogP contribution in [0.15, 0.2) is 24.3 Å². The first-order valence-electron chi connectivity index (χ1n) is 4.38. The van der Waals surface area contributed by atoms with Gasteiger partial charge in [-0.2, -0.15) is 0 Å². The van der Waals surface area contributed by atoms with E-state index in [0.717, 1.165) is 11.3 Å². The smallest absolute Gasteiger partial charge is 0.106 e. The van der Waals surface area contributed by atoms with Crippen LogP contribution in [0.3, 0.4) is 0 Å². The van der Waals surface area contributed by atoms with Crippen LogP contribution in [0.2, 0.25) is 0 Å². The van der Waals surface area contributed by atoms with Crippen molar-refractivity contribution in [3.63, 3.8) is 0 Å². The second-order valence-corrected chi connectivity index (χ2v) is 3.25. The van der Waals surface area contributed by atoms with Gasteiger partial charge >= 0.3 is 0 Å². The molecule has 3 N–H and O–H groups in total. The molecule has 1 aromatic carbocycles. The van der Waals surface area contributed by atoms with Crippen LogP contribution in [0, 0.1) is 12.3 Å². The van der Waals surface area contributed by atoms with Crippen molar-refractivity contribution in [3.05, 3.63) is 29.8 Å². The Morgan fingerprint density at radius 2 is 1.93 bits per heavy atom. The van der Waals surface area contributed by atoms with Crippen molar-refractivity contribution in [3.8, 4) is 12.3 Å². The summed E-state index contributed by atoms with van der Waals surface area (Å²) in [6.45, 7) is 0. The zero-order chi connectivity index (χ0) is 10.6. The molecule has 0 aliphatic heterocycles. The van der Waals surface area contributed by atoms with E-state index < -0.39 is 0 Å². The fraction of sp³-hybridized carbons (Fsp3) is 0.273. The lowest BCUT2D eigenvalue weighted by atomic mass is 10.1. The maximum absolute atomic E-state index is 5.31. The normalized spacial score (nSPS) is 11.9. The summed E-state index contributed by atoms with van der Waals surface area (Å²) in [5.74, 6) is 7.88. The van der Waals surface area contributed by atoms with E-state index in [9.17, 15) is 0 Å². The van der Waals surface area contributed by atoms with Gasteiger partial charge in [0.1, 0.15) is 6.04 Å². The summed E-state index contributed by atoms with van der Waals surface area (Å²) in [6.07, 6.45) is 5.31. The lowest BCUT2D eigenvalue weighted by molar-refractivity contribution is 0.674. The van der Waals surface area contributed by atoms with Crippen LogP contribution in [0.4, 0.5) is 5.69 Å². The van der Waals surface area contributed by atoms with Crippen molar-refractivity contribution < 1.29 is 0 Å². The molecule has 0 saturated carbocycles. The number of nitrogens with zero attached hydrogens (tertiary/aromatic N) is 1. The number of hydrogen-bond donors (Lipinski definition) is 2. The standard InChI is InChI=1S/C11H15N3/c1-4-11(13-12)9-5-7-10(8-6-9)14(2)3/h1,5-8,11,13H,12H2,2-3H3. The molecule has 0 heterocycles. The molecule has 0 bridgehead atoms. The number of rotatable bonds is 3. The number of nitrogens with two attached hydrogens (primary N) is 1. The van der Waals surface area contributed by atoms with Gasteiger partial charge in [0, 0.05) is 19.8 Å². The SMILES string of the molecule is C#CC(NN)c1ccc(N(C)C)cc1. The minimum absolute atomic E-state index is 0.216. The van der Waals surface area contributed by atoms with Crippen molar-refractivity contribution >= 4 is 5.69 Å². The Morgan fingerprint density at radius 3 is 2.29 bits per heavy atom. The third kappa shape index (κ3) is 2.25. The highest BCUT2D eigenvalue weighted by molar-refractivity contribution is 5.47. The molecule has 1 rings (SSSR count). The molecule has 0 fully saturated rings. The Bertz CT molecular complexity index is 321. The van der Waals surface area contributed by atoms with Crippen LogP contribution in [0.5, 0.6) is 0 Å². The highest BCUT2D eigenvalue weighted by atomic mass is 15.2. The van der Waals surface area contributed by atoms with Crippen LogP contribution in [0.25, 0.3) is 0 Å². The van der Waals surface area contributed by atoms with E-state index in [0.29, 0.717) is 0 Å². The second kappa shape index (κ2) is 4.66. The molecule has 0 spiro atoms. The molecule has 0 amide bonds. The molecule has 3 heteroatoms. The van der Waals surface area contributed by atoms with Gasteiger partial charge in [-0.05, 0) is 17.7 Å². The zero-order valence-corrected chi connectivity index (χ0v) is 8.49. The predicted octanol–water partition coefficient (Wildman–Crippen LogP) is 0.890. The maximum atomic E-state index is 5.31. The minimum Gasteiger partial charge on any atom is -0.378 e. The summed E-state index contributed by atoms with van der Waals surface area (Å²) in [5, 5.41) is 0. The van der Waals surface area contributed by atoms with E-state index in [4.69, 9.17) is 12.3 Å². The van der Waals surface area contributed by atoms with Gasteiger partial charge in [0.05, 0.1) is 0 Å². The number of hydrogen-bond acceptors (Lipinski definition) is 3. The lowest BCUT2D eigenvalue weighted by Gasteiger charge is -2.14. The Labute approximate surface area is 84.9 Å². The summed E-state index contributed by atoms with van der Waals surface area (Å²) in [7, 11) is 3.99. The number of anilines is 1. The quantitative estimate of drug-likeness (QED) is 0.421. The van der Waals surface area contributed by atoms with Crippen molar-refractivity contribution in [2.45, 2.75) is 6.04 Å². The maximum Gasteiger partial charge on any atom is 0.106 e. The molecule has 3 nitrogen and oxygen atoms in total. The number of benzene rings is 1. The minimum atomic E-state index is -0.216. The first-order valence-corrected chi connectivity index (χ1v) is 4.38. The Balaban J connectivity index is 2.88. The van der Waals surface area contributed by atoms with E-state index in [1.165, 1.54) is 0 Å². The van der Waals surface area contributed by atoms with E-state index in [1.54, 1.807) is 0 Å². The molecule has 1 aromatic rings. The second-order valence-electron chi connectivity index (χ2n) is 3.25. The summed E-state index contributed by atoms with van der Waals surface area (Å²) in [5.41, 5.74) is 4.71. The monoisotopic (exact) mass is 189 g/mol. The highest BCUT2D eigenvalue weighted by Gasteiger charge is 2.04. The molecule has 1 atom stereocenters. The zero-order valence-electron chi connectivity index (χ0n) is 8.49. The highest BCUT2D eigenvalue weighted by Crippen LogP contribution is 2.16. The summed E-state index contributed by atoms with van der Waals surface area (Å²) >= 11 is 0. The fourth-order valence-electron chi connectivity index (χ4n) is 1.21. The Hall–Kier alpha value is -1.50. The van der Waals surface area contributed by atoms with E-state index >= 15 is 0 Å². The Kier molecular flexibility index (Phi) is 3.52. The van der Waals surface area contributed by atoms with E-state index in [-0.39, 0.29) is 6.04 Å². The molecular formula is C11H15N3. The van der Waals surface area contributed by atoms with Gasteiger partial charge in [0.25, 0.3) is 0 Å². The van der Waals surface area contributed by atoms with Crippen molar-refractivity contribution in [1.29, 1.82) is 0 Å². The molecule has 1 unspecified atom stereocenters. The molecule has 0 aromatic heterocycles. The van der Waals surface area contributed by atoms with Crippen LogP contribution >= 0.6 is 0 Å². The largest absolute Gasteiger partial charge is 0.378 e. The van der Waals surface area contributed by atoms with Gasteiger partial charge in [0.2, 0.25) is 0 Å². The van der Waals surface area contributed by atoms with Gasteiger partial charge in [-0.3, -0.25) is 5.84 Å². The first kappa shape index (κ1) is 10.6. The molecule has 0 radical (unpaired) electrons. The lowest BCUT2D eigenvalue weighted by Crippen LogP contribution is -2.26. The fourth-order valence-corrected chi connectivity index (χ4v) is 1.21. The van der Waals surface area contributed by atoms with Crippen LogP contribution in [-0.4, -0.2) is 14.1 Å². The van der Waals surface area contributed by atoms with Crippen LogP contribution in [-0.2, 0) is 0 Å². The Morgan fingerprint density at radius 1 is 1.36 bits per heavy atom. The van der Waals surface area contributed by atoms with E-state index in [2.05, 4.69) is 11.3 Å². The molecule has 0 aliphatic carbocycles. The third-order valence-electron chi connectivity index (χ3n) is 2.08. The molecule has 0 aliphatic rings. The predicted molar refractivity (Wildman–Crippen MR) is 59.7 cm³/mol. The van der Waals surface area contributed by atoms with Gasteiger partial charge in [-0.15, -0.1) is 6.42 Å². The number of nitrogens with one attached hydrogen (secondary N) is 1. The summed E-state index contributed by atoms with van der Waals surface area (Å²) in [6, 6.07) is 7.75. The van der Waals surface area contributed by atoms with Gasteiger partial charge in [-0.25, -0.2) is 5.43 Å². The topological polar surface area (TPSA) is 41.3 Å². The summed E-state index contributed by atoms with van der Waals surface area (Å²) < 4.78 is 0. The summed E-state index contributed by atoms with van der Waals surface area (Å²) in [4.78, 5) is 2.03. The molecular weight excluding hydrogens is 174 g/mol. The number of hydrazine groups is 1. The van der Waals surface area contributed by atoms with Crippen molar-refractivity contribution in [2.75, 3.05) is 19.0 Å². The number of terminal acetylenes is 1. The van der Waals surface area contributed by atoms with Gasteiger partial charge < -0.3 is 4.90 Å². The van der Waals surface area contributed by atoms with Crippen molar-refractivity contribution in [2.24, 2.45) is 5.84 Å². The molecule has 14 heavy (non-hydrogen) atoms. The average Bonchev–Trinajstić information content (AvgIpc) is 2.20. The van der Waals surface area contributed by atoms with Gasteiger partial charge in [-0.1, -0.05) is 18.1 Å². The third-order valence-corrected chi connectivity index (χ3v) is 2.08. The first-order chi connectivity index (χ1) is 6.69. The molecule has 0 saturated heterocycles. The average molecular weight is 189 g/mol. The van der Waals surface area contributed by atoms with E-state index in [1.807, 2.05) is 43.3 Å². The van der Waals surface area contributed by atoms with Crippen LogP contribution < -0.4 is 16.2 Å². The molecule has 74 valence electrons.